The molecule has 2 unspecified atom stereocenters. The highest BCUT2D eigenvalue weighted by atomic mass is 19.4. The van der Waals surface area contributed by atoms with Crippen molar-refractivity contribution in [3.8, 4) is 17.2 Å². The average Bonchev–Trinajstić information content (AvgIpc) is 3.63. The second kappa shape index (κ2) is 9.31. The van der Waals surface area contributed by atoms with E-state index in [0.29, 0.717) is 31.1 Å². The van der Waals surface area contributed by atoms with Crippen LogP contribution in [0.5, 0.6) is 0 Å². The molecule has 39 heavy (non-hydrogen) atoms. The van der Waals surface area contributed by atoms with E-state index in [-0.39, 0.29) is 34.4 Å². The number of nitrogens with zero attached hydrogens (tertiary/aromatic N) is 5. The fourth-order valence-electron chi connectivity index (χ4n) is 5.31. The zero-order valence-electron chi connectivity index (χ0n) is 20.9. The smallest absolute Gasteiger partial charge is 0.373 e. The van der Waals surface area contributed by atoms with Crippen molar-refractivity contribution >= 4 is 5.65 Å². The summed E-state index contributed by atoms with van der Waals surface area (Å²) in [5.41, 5.74) is -1.42. The van der Waals surface area contributed by atoms with Gasteiger partial charge in [0.15, 0.2) is 0 Å². The van der Waals surface area contributed by atoms with Gasteiger partial charge in [-0.05, 0) is 68.4 Å². The first-order valence-corrected chi connectivity index (χ1v) is 12.6. The first-order chi connectivity index (χ1) is 18.6. The minimum absolute atomic E-state index is 0.0359. The van der Waals surface area contributed by atoms with Gasteiger partial charge in [-0.2, -0.15) is 23.5 Å². The number of alkyl halides is 3. The van der Waals surface area contributed by atoms with Gasteiger partial charge in [-0.25, -0.2) is 9.37 Å². The van der Waals surface area contributed by atoms with Crippen LogP contribution < -0.4 is 5.56 Å². The highest BCUT2D eigenvalue weighted by Gasteiger charge is 2.38. The molecule has 4 aromatic rings. The van der Waals surface area contributed by atoms with E-state index in [4.69, 9.17) is 10.00 Å². The van der Waals surface area contributed by atoms with Gasteiger partial charge in [0.05, 0.1) is 35.7 Å². The fraction of sp³-hybridized carbons (Fsp3) is 0.357. The Hall–Kier alpha value is -4.04. The van der Waals surface area contributed by atoms with Crippen molar-refractivity contribution in [2.75, 3.05) is 6.61 Å². The summed E-state index contributed by atoms with van der Waals surface area (Å²) in [6.45, 7) is 1.51. The number of hydrogen-bond acceptors (Lipinski definition) is 5. The van der Waals surface area contributed by atoms with Gasteiger partial charge < -0.3 is 4.74 Å². The van der Waals surface area contributed by atoms with Crippen molar-refractivity contribution in [1.82, 2.24) is 19.2 Å². The molecule has 1 aliphatic heterocycles. The molecule has 3 aromatic heterocycles. The number of pyridine rings is 1. The summed E-state index contributed by atoms with van der Waals surface area (Å²) >= 11 is 0. The Balaban J connectivity index is 1.49. The number of aromatic nitrogens is 4. The molecule has 6 rings (SSSR count). The third-order valence-electron chi connectivity index (χ3n) is 7.47. The van der Waals surface area contributed by atoms with Crippen LogP contribution in [0.15, 0.2) is 47.7 Å². The molecule has 1 saturated heterocycles. The third kappa shape index (κ3) is 4.59. The van der Waals surface area contributed by atoms with Gasteiger partial charge in [-0.15, -0.1) is 0 Å². The molecule has 0 radical (unpaired) electrons. The maximum absolute atomic E-state index is 15.2. The summed E-state index contributed by atoms with van der Waals surface area (Å²) in [7, 11) is 0. The summed E-state index contributed by atoms with van der Waals surface area (Å²) in [5.74, 6) is -0.919. The van der Waals surface area contributed by atoms with Crippen LogP contribution in [0.3, 0.4) is 0 Å². The fourth-order valence-corrected chi connectivity index (χ4v) is 5.31. The largest absolute Gasteiger partial charge is 0.423 e. The predicted molar refractivity (Wildman–Crippen MR) is 132 cm³/mol. The zero-order chi connectivity index (χ0) is 27.5. The standard InChI is InChI=1S/C28H23F4N5O2/c1-15-25(28(30,31)32)27(38)36-13-18(9-22(26(36)35-15)21-5-2-16(11-33)8-23(21)29)17-6-7-39-24(10-17)19-12-34-37(14-19)20-3-4-20/h2,5,8-9,12-14,17,20,24H,3-4,6-7,10H2,1H3. The Bertz CT molecular complexity index is 1700. The molecule has 0 spiro atoms. The van der Waals surface area contributed by atoms with Gasteiger partial charge in [-0.3, -0.25) is 13.9 Å². The quantitative estimate of drug-likeness (QED) is 0.304. The number of halogens is 4. The number of rotatable bonds is 4. The number of nitriles is 1. The molecule has 0 N–H and O–H groups in total. The molecule has 1 aromatic carbocycles. The molecule has 1 saturated carbocycles. The van der Waals surface area contributed by atoms with Crippen LogP contribution >= 0.6 is 0 Å². The maximum atomic E-state index is 15.2. The third-order valence-corrected chi connectivity index (χ3v) is 7.47. The first kappa shape index (κ1) is 25.2. The zero-order valence-corrected chi connectivity index (χ0v) is 20.9. The number of aryl methyl sites for hydroxylation is 1. The van der Waals surface area contributed by atoms with Gasteiger partial charge in [0.2, 0.25) is 0 Å². The summed E-state index contributed by atoms with van der Waals surface area (Å²) in [6.07, 6.45) is 3.19. The van der Waals surface area contributed by atoms with Crippen molar-refractivity contribution in [3.05, 3.63) is 87.0 Å². The minimum Gasteiger partial charge on any atom is -0.373 e. The lowest BCUT2D eigenvalue weighted by Gasteiger charge is -2.30. The van der Waals surface area contributed by atoms with E-state index in [0.717, 1.165) is 35.8 Å². The van der Waals surface area contributed by atoms with Crippen molar-refractivity contribution < 1.29 is 22.3 Å². The molecular weight excluding hydrogens is 514 g/mol. The van der Waals surface area contributed by atoms with Gasteiger partial charge in [0.25, 0.3) is 5.56 Å². The number of ether oxygens (including phenoxy) is 1. The average molecular weight is 538 g/mol. The van der Waals surface area contributed by atoms with Gasteiger partial charge in [-0.1, -0.05) is 0 Å². The Morgan fingerprint density at radius 2 is 1.90 bits per heavy atom. The summed E-state index contributed by atoms with van der Waals surface area (Å²) in [6, 6.07) is 7.80. The Kier molecular flexibility index (Phi) is 6.03. The van der Waals surface area contributed by atoms with Crippen molar-refractivity contribution in [2.24, 2.45) is 0 Å². The van der Waals surface area contributed by atoms with Crippen LogP contribution in [0, 0.1) is 24.1 Å². The van der Waals surface area contributed by atoms with E-state index in [1.54, 1.807) is 12.3 Å². The van der Waals surface area contributed by atoms with Gasteiger partial charge in [0.1, 0.15) is 17.0 Å². The molecular formula is C28H23F4N5O2. The van der Waals surface area contributed by atoms with Crippen molar-refractivity contribution in [2.45, 2.75) is 56.8 Å². The Morgan fingerprint density at radius 3 is 2.59 bits per heavy atom. The number of fused-ring (bicyclic) bond motifs is 1. The minimum atomic E-state index is -4.91. The van der Waals surface area contributed by atoms with E-state index < -0.39 is 28.8 Å². The molecule has 200 valence electrons. The van der Waals surface area contributed by atoms with Gasteiger partial charge >= 0.3 is 6.18 Å². The maximum Gasteiger partial charge on any atom is 0.423 e. The number of benzene rings is 1. The van der Waals surface area contributed by atoms with E-state index in [1.807, 2.05) is 16.9 Å². The molecule has 1 aliphatic carbocycles. The number of hydrogen-bond donors (Lipinski definition) is 0. The highest BCUT2D eigenvalue weighted by molar-refractivity contribution is 5.79. The molecule has 2 aliphatic rings. The van der Waals surface area contributed by atoms with Crippen LogP contribution in [0.4, 0.5) is 17.6 Å². The molecule has 0 bridgehead atoms. The van der Waals surface area contributed by atoms with E-state index in [9.17, 15) is 18.0 Å². The van der Waals surface area contributed by atoms with Crippen LogP contribution in [-0.4, -0.2) is 25.8 Å². The highest BCUT2D eigenvalue weighted by Crippen LogP contribution is 2.41. The predicted octanol–water partition coefficient (Wildman–Crippen LogP) is 5.87. The second-order valence-electron chi connectivity index (χ2n) is 10.1. The molecule has 2 fully saturated rings. The Labute approximate surface area is 220 Å². The topological polar surface area (TPSA) is 85.2 Å². The molecule has 2 atom stereocenters. The summed E-state index contributed by atoms with van der Waals surface area (Å²) < 4.78 is 65.4. The normalized spacial score (nSPS) is 19.8. The summed E-state index contributed by atoms with van der Waals surface area (Å²) in [4.78, 5) is 17.3. The Morgan fingerprint density at radius 1 is 1.10 bits per heavy atom. The molecule has 4 heterocycles. The van der Waals surface area contributed by atoms with Crippen LogP contribution in [-0.2, 0) is 10.9 Å². The van der Waals surface area contributed by atoms with Crippen molar-refractivity contribution in [1.29, 1.82) is 5.26 Å². The van der Waals surface area contributed by atoms with E-state index in [1.165, 1.54) is 18.3 Å². The van der Waals surface area contributed by atoms with Crippen LogP contribution in [0.2, 0.25) is 0 Å². The lowest BCUT2D eigenvalue weighted by atomic mass is 9.86. The lowest BCUT2D eigenvalue weighted by Crippen LogP contribution is -2.29. The van der Waals surface area contributed by atoms with E-state index >= 15 is 4.39 Å². The SMILES string of the molecule is Cc1nc2c(-c3ccc(C#N)cc3F)cc(C3CCOC(c4cnn(C5CC5)c4)C3)cn2c(=O)c1C(F)(F)F. The van der Waals surface area contributed by atoms with Crippen LogP contribution in [0.1, 0.15) is 71.7 Å². The second-order valence-corrected chi connectivity index (χ2v) is 10.1. The molecule has 7 nitrogen and oxygen atoms in total. The van der Waals surface area contributed by atoms with Crippen LogP contribution in [0.25, 0.3) is 16.8 Å². The monoisotopic (exact) mass is 537 g/mol. The molecule has 11 heteroatoms. The van der Waals surface area contributed by atoms with Crippen molar-refractivity contribution in [3.63, 3.8) is 0 Å². The molecule has 0 amide bonds. The van der Waals surface area contributed by atoms with Gasteiger partial charge in [0, 0.05) is 35.7 Å². The lowest BCUT2D eigenvalue weighted by molar-refractivity contribution is -0.139. The van der Waals surface area contributed by atoms with E-state index in [2.05, 4.69) is 10.1 Å². The summed E-state index contributed by atoms with van der Waals surface area (Å²) in [5, 5.41) is 13.6. The first-order valence-electron chi connectivity index (χ1n) is 12.6.